The molecule has 142 valence electrons. The van der Waals surface area contributed by atoms with Gasteiger partial charge in [0.2, 0.25) is 0 Å². The standard InChI is InChI=1S/C22H21N3O3/c1-14-3-4-15(2)18(11-14)25-22(26)19-12-17(7-8-23-19)24-16-5-6-20-21(13-16)28-10-9-27-20/h3-8,11-13H,9-10H2,1-2H3,(H,23,24)(H,25,26). The second kappa shape index (κ2) is 7.60. The van der Waals surface area contributed by atoms with Gasteiger partial charge in [0.15, 0.2) is 11.5 Å². The van der Waals surface area contributed by atoms with Gasteiger partial charge < -0.3 is 20.1 Å². The van der Waals surface area contributed by atoms with Crippen molar-refractivity contribution >= 4 is 23.0 Å². The van der Waals surface area contributed by atoms with Gasteiger partial charge in [0.25, 0.3) is 5.91 Å². The SMILES string of the molecule is Cc1ccc(C)c(NC(=O)c2cc(Nc3ccc4c(c3)OCCO4)ccn2)c1. The second-order valence-corrected chi connectivity index (χ2v) is 6.69. The Bertz CT molecular complexity index is 1030. The molecule has 1 aliphatic heterocycles. The lowest BCUT2D eigenvalue weighted by molar-refractivity contribution is 0.102. The normalized spacial score (nSPS) is 12.4. The lowest BCUT2D eigenvalue weighted by atomic mass is 10.1. The molecule has 28 heavy (non-hydrogen) atoms. The number of amides is 1. The number of nitrogens with one attached hydrogen (secondary N) is 2. The van der Waals surface area contributed by atoms with Crippen molar-refractivity contribution in [3.63, 3.8) is 0 Å². The van der Waals surface area contributed by atoms with Gasteiger partial charge in [-0.05, 0) is 55.3 Å². The first-order chi connectivity index (χ1) is 13.6. The third-order valence-corrected chi connectivity index (χ3v) is 4.46. The maximum absolute atomic E-state index is 12.6. The lowest BCUT2D eigenvalue weighted by Crippen LogP contribution is -2.15. The highest BCUT2D eigenvalue weighted by atomic mass is 16.6. The lowest BCUT2D eigenvalue weighted by Gasteiger charge is -2.19. The minimum absolute atomic E-state index is 0.250. The van der Waals surface area contributed by atoms with Gasteiger partial charge in [0, 0.05) is 29.3 Å². The van der Waals surface area contributed by atoms with E-state index in [0.29, 0.717) is 24.7 Å². The minimum Gasteiger partial charge on any atom is -0.486 e. The van der Waals surface area contributed by atoms with E-state index in [2.05, 4.69) is 15.6 Å². The van der Waals surface area contributed by atoms with E-state index < -0.39 is 0 Å². The highest BCUT2D eigenvalue weighted by Crippen LogP contribution is 2.33. The van der Waals surface area contributed by atoms with Crippen LogP contribution in [0.25, 0.3) is 0 Å². The summed E-state index contributed by atoms with van der Waals surface area (Å²) in [4.78, 5) is 16.8. The molecule has 6 nitrogen and oxygen atoms in total. The van der Waals surface area contributed by atoms with Crippen molar-refractivity contribution in [3.05, 3.63) is 71.5 Å². The Kier molecular flexibility index (Phi) is 4.85. The summed E-state index contributed by atoms with van der Waals surface area (Å²) in [5.74, 6) is 1.19. The van der Waals surface area contributed by atoms with Crippen LogP contribution in [0.2, 0.25) is 0 Å². The van der Waals surface area contributed by atoms with Crippen molar-refractivity contribution in [1.29, 1.82) is 0 Å². The maximum atomic E-state index is 12.6. The largest absolute Gasteiger partial charge is 0.486 e. The molecule has 0 aliphatic carbocycles. The summed E-state index contributed by atoms with van der Waals surface area (Å²) in [5.41, 5.74) is 4.82. The van der Waals surface area contributed by atoms with Crippen molar-refractivity contribution in [2.24, 2.45) is 0 Å². The number of nitrogens with zero attached hydrogens (tertiary/aromatic N) is 1. The van der Waals surface area contributed by atoms with E-state index in [1.165, 1.54) is 0 Å². The number of hydrogen-bond donors (Lipinski definition) is 2. The highest BCUT2D eigenvalue weighted by molar-refractivity contribution is 6.03. The Balaban J connectivity index is 1.51. The number of anilines is 3. The van der Waals surface area contributed by atoms with E-state index in [-0.39, 0.29) is 5.91 Å². The van der Waals surface area contributed by atoms with Crippen LogP contribution in [0.3, 0.4) is 0 Å². The summed E-state index contributed by atoms with van der Waals surface area (Å²) in [5, 5.41) is 6.21. The molecule has 0 saturated heterocycles. The third-order valence-electron chi connectivity index (χ3n) is 4.46. The van der Waals surface area contributed by atoms with Crippen LogP contribution in [0.1, 0.15) is 21.6 Å². The summed E-state index contributed by atoms with van der Waals surface area (Å²) < 4.78 is 11.1. The van der Waals surface area contributed by atoms with Gasteiger partial charge in [-0.1, -0.05) is 12.1 Å². The first-order valence-electron chi connectivity index (χ1n) is 9.10. The van der Waals surface area contributed by atoms with Gasteiger partial charge in [-0.15, -0.1) is 0 Å². The minimum atomic E-state index is -0.250. The fraction of sp³-hybridized carbons (Fsp3) is 0.182. The zero-order valence-electron chi connectivity index (χ0n) is 15.8. The number of carbonyl (C=O) groups is 1. The fourth-order valence-corrected chi connectivity index (χ4v) is 2.98. The summed E-state index contributed by atoms with van der Waals surface area (Å²) in [6.07, 6.45) is 1.61. The van der Waals surface area contributed by atoms with E-state index >= 15 is 0 Å². The molecule has 1 amide bonds. The molecule has 3 aromatic rings. The van der Waals surface area contributed by atoms with Crippen molar-refractivity contribution < 1.29 is 14.3 Å². The third kappa shape index (κ3) is 3.91. The molecule has 2 N–H and O–H groups in total. The molecule has 0 atom stereocenters. The number of rotatable bonds is 4. The molecule has 1 aromatic heterocycles. The maximum Gasteiger partial charge on any atom is 0.274 e. The number of carbonyl (C=O) groups excluding carboxylic acids is 1. The number of benzene rings is 2. The molecule has 0 spiro atoms. The zero-order chi connectivity index (χ0) is 19.5. The summed E-state index contributed by atoms with van der Waals surface area (Å²) in [7, 11) is 0. The predicted octanol–water partition coefficient (Wildman–Crippen LogP) is 4.47. The number of pyridine rings is 1. The topological polar surface area (TPSA) is 72.5 Å². The average Bonchev–Trinajstić information content (AvgIpc) is 2.71. The van der Waals surface area contributed by atoms with Crippen molar-refractivity contribution in [3.8, 4) is 11.5 Å². The van der Waals surface area contributed by atoms with E-state index in [9.17, 15) is 4.79 Å². The molecule has 0 fully saturated rings. The quantitative estimate of drug-likeness (QED) is 0.704. The predicted molar refractivity (Wildman–Crippen MR) is 109 cm³/mol. The van der Waals surface area contributed by atoms with E-state index in [1.807, 2.05) is 56.3 Å². The summed E-state index contributed by atoms with van der Waals surface area (Å²) in [6.45, 7) is 5.05. The first kappa shape index (κ1) is 17.9. The Hall–Kier alpha value is -3.54. The molecular formula is C22H21N3O3. The smallest absolute Gasteiger partial charge is 0.274 e. The van der Waals surface area contributed by atoms with Crippen molar-refractivity contribution in [2.45, 2.75) is 13.8 Å². The van der Waals surface area contributed by atoms with Crippen LogP contribution in [0.15, 0.2) is 54.7 Å². The number of fused-ring (bicyclic) bond motifs is 1. The van der Waals surface area contributed by atoms with Crippen LogP contribution in [0.4, 0.5) is 17.1 Å². The Morgan fingerprint density at radius 3 is 2.57 bits per heavy atom. The zero-order valence-corrected chi connectivity index (χ0v) is 15.8. The second-order valence-electron chi connectivity index (χ2n) is 6.69. The van der Waals surface area contributed by atoms with Crippen LogP contribution >= 0.6 is 0 Å². The van der Waals surface area contributed by atoms with Gasteiger partial charge >= 0.3 is 0 Å². The number of aryl methyl sites for hydroxylation is 2. The van der Waals surface area contributed by atoms with E-state index in [4.69, 9.17) is 9.47 Å². The highest BCUT2D eigenvalue weighted by Gasteiger charge is 2.13. The van der Waals surface area contributed by atoms with Gasteiger partial charge in [-0.2, -0.15) is 0 Å². The summed E-state index contributed by atoms with van der Waals surface area (Å²) in [6, 6.07) is 15.1. The van der Waals surface area contributed by atoms with E-state index in [1.54, 1.807) is 12.3 Å². The van der Waals surface area contributed by atoms with Gasteiger partial charge in [0.1, 0.15) is 18.9 Å². The summed E-state index contributed by atoms with van der Waals surface area (Å²) >= 11 is 0. The average molecular weight is 375 g/mol. The van der Waals surface area contributed by atoms with Crippen LogP contribution in [0, 0.1) is 13.8 Å². The number of aromatic nitrogens is 1. The molecule has 0 saturated carbocycles. The molecular weight excluding hydrogens is 354 g/mol. The molecule has 2 heterocycles. The molecule has 2 aromatic carbocycles. The number of hydrogen-bond acceptors (Lipinski definition) is 5. The van der Waals surface area contributed by atoms with Crippen molar-refractivity contribution in [1.82, 2.24) is 4.98 Å². The molecule has 4 rings (SSSR count). The monoisotopic (exact) mass is 375 g/mol. The molecule has 0 unspecified atom stereocenters. The number of ether oxygens (including phenoxy) is 2. The van der Waals surface area contributed by atoms with Gasteiger partial charge in [-0.25, -0.2) is 0 Å². The molecule has 1 aliphatic rings. The first-order valence-corrected chi connectivity index (χ1v) is 9.10. The molecule has 0 bridgehead atoms. The Morgan fingerprint density at radius 2 is 1.71 bits per heavy atom. The van der Waals surface area contributed by atoms with Crippen LogP contribution in [-0.4, -0.2) is 24.1 Å². The molecule has 6 heteroatoms. The van der Waals surface area contributed by atoms with Gasteiger partial charge in [0.05, 0.1) is 0 Å². The van der Waals surface area contributed by atoms with Crippen LogP contribution in [-0.2, 0) is 0 Å². The fourth-order valence-electron chi connectivity index (χ4n) is 2.98. The van der Waals surface area contributed by atoms with Crippen molar-refractivity contribution in [2.75, 3.05) is 23.8 Å². The van der Waals surface area contributed by atoms with Gasteiger partial charge in [-0.3, -0.25) is 9.78 Å². The Morgan fingerprint density at radius 1 is 0.929 bits per heavy atom. The van der Waals surface area contributed by atoms with E-state index in [0.717, 1.165) is 33.9 Å². The van der Waals surface area contributed by atoms with Crippen LogP contribution in [0.5, 0.6) is 11.5 Å². The molecule has 0 radical (unpaired) electrons. The Labute approximate surface area is 163 Å². The van der Waals surface area contributed by atoms with Crippen LogP contribution < -0.4 is 20.1 Å².